The minimum absolute atomic E-state index is 0.0765. The Labute approximate surface area is 131 Å². The third-order valence-corrected chi connectivity index (χ3v) is 3.42. The van der Waals surface area contributed by atoms with Crippen molar-refractivity contribution in [3.8, 4) is 6.07 Å². The van der Waals surface area contributed by atoms with Crippen LogP contribution in [0.25, 0.3) is 0 Å². The van der Waals surface area contributed by atoms with Crippen LogP contribution in [0.4, 0.5) is 5.69 Å². The van der Waals surface area contributed by atoms with E-state index < -0.39 is 0 Å². The van der Waals surface area contributed by atoms with E-state index in [2.05, 4.69) is 11.4 Å². The minimum Gasteiger partial charge on any atom is -0.381 e. The number of hydrogen-bond donors (Lipinski definition) is 1. The minimum atomic E-state index is 0.0765. The fraction of sp³-hybridized carbons (Fsp3) is 0.222. The summed E-state index contributed by atoms with van der Waals surface area (Å²) in [6, 6.07) is 17.4. The van der Waals surface area contributed by atoms with Crippen molar-refractivity contribution in [3.63, 3.8) is 0 Å². The number of benzene rings is 2. The van der Waals surface area contributed by atoms with Crippen molar-refractivity contribution in [3.05, 3.63) is 65.2 Å². The zero-order valence-corrected chi connectivity index (χ0v) is 12.8. The molecule has 0 heterocycles. The Hall–Kier alpha value is -2.80. The SMILES string of the molecule is CN(C)C(=O)Cc1ccccc1NCc1ccc(C#N)cc1. The van der Waals surface area contributed by atoms with Crippen LogP contribution in [0.5, 0.6) is 0 Å². The molecule has 4 heteroatoms. The van der Waals surface area contributed by atoms with Crippen molar-refractivity contribution < 1.29 is 4.79 Å². The van der Waals surface area contributed by atoms with E-state index in [0.717, 1.165) is 16.8 Å². The van der Waals surface area contributed by atoms with Gasteiger partial charge in [0, 0.05) is 26.3 Å². The molecule has 0 aliphatic rings. The number of hydrogen-bond acceptors (Lipinski definition) is 3. The second-order valence-electron chi connectivity index (χ2n) is 5.28. The van der Waals surface area contributed by atoms with Gasteiger partial charge in [0.2, 0.25) is 5.91 Å². The maximum atomic E-state index is 11.9. The smallest absolute Gasteiger partial charge is 0.226 e. The highest BCUT2D eigenvalue weighted by Gasteiger charge is 2.09. The van der Waals surface area contributed by atoms with Crippen LogP contribution in [0.15, 0.2) is 48.5 Å². The van der Waals surface area contributed by atoms with Crippen LogP contribution in [-0.2, 0) is 17.8 Å². The molecular formula is C18H19N3O. The molecular weight excluding hydrogens is 274 g/mol. The van der Waals surface area contributed by atoms with Crippen LogP contribution < -0.4 is 5.32 Å². The predicted molar refractivity (Wildman–Crippen MR) is 87.3 cm³/mol. The third-order valence-electron chi connectivity index (χ3n) is 3.42. The van der Waals surface area contributed by atoms with E-state index in [0.29, 0.717) is 18.5 Å². The number of nitrogens with one attached hydrogen (secondary N) is 1. The van der Waals surface area contributed by atoms with Crippen LogP contribution in [0.2, 0.25) is 0 Å². The first-order chi connectivity index (χ1) is 10.6. The van der Waals surface area contributed by atoms with Crippen LogP contribution in [0.3, 0.4) is 0 Å². The number of nitriles is 1. The molecule has 0 atom stereocenters. The number of para-hydroxylation sites is 1. The number of carbonyl (C=O) groups excluding carboxylic acids is 1. The Morgan fingerprint density at radius 2 is 1.82 bits per heavy atom. The van der Waals surface area contributed by atoms with Gasteiger partial charge < -0.3 is 10.2 Å². The van der Waals surface area contributed by atoms with Crippen molar-refractivity contribution in [2.24, 2.45) is 0 Å². The van der Waals surface area contributed by atoms with Gasteiger partial charge in [-0.05, 0) is 29.3 Å². The lowest BCUT2D eigenvalue weighted by Gasteiger charge is -2.14. The first-order valence-electron chi connectivity index (χ1n) is 7.11. The summed E-state index contributed by atoms with van der Waals surface area (Å²) in [7, 11) is 3.52. The zero-order chi connectivity index (χ0) is 15.9. The maximum Gasteiger partial charge on any atom is 0.226 e. The van der Waals surface area contributed by atoms with Gasteiger partial charge >= 0.3 is 0 Å². The maximum absolute atomic E-state index is 11.9. The monoisotopic (exact) mass is 293 g/mol. The molecule has 0 bridgehead atoms. The average Bonchev–Trinajstić information content (AvgIpc) is 2.54. The highest BCUT2D eigenvalue weighted by Crippen LogP contribution is 2.17. The molecule has 0 fully saturated rings. The van der Waals surface area contributed by atoms with Crippen LogP contribution >= 0.6 is 0 Å². The van der Waals surface area contributed by atoms with Crippen LogP contribution in [-0.4, -0.2) is 24.9 Å². The van der Waals surface area contributed by atoms with Crippen molar-refractivity contribution in [1.29, 1.82) is 5.26 Å². The first kappa shape index (κ1) is 15.6. The molecule has 0 aliphatic heterocycles. The van der Waals surface area contributed by atoms with Gasteiger partial charge in [0.05, 0.1) is 18.1 Å². The molecule has 0 aliphatic carbocycles. The third kappa shape index (κ3) is 4.10. The molecule has 112 valence electrons. The molecule has 4 nitrogen and oxygen atoms in total. The van der Waals surface area contributed by atoms with Gasteiger partial charge in [-0.3, -0.25) is 4.79 Å². The lowest BCUT2D eigenvalue weighted by molar-refractivity contribution is -0.127. The number of amides is 1. The van der Waals surface area contributed by atoms with Gasteiger partial charge in [0.25, 0.3) is 0 Å². The standard InChI is InChI=1S/C18H19N3O/c1-21(2)18(22)11-16-5-3-4-6-17(16)20-13-15-9-7-14(12-19)8-10-15/h3-10,20H,11,13H2,1-2H3. The number of rotatable bonds is 5. The molecule has 22 heavy (non-hydrogen) atoms. The molecule has 1 N–H and O–H groups in total. The molecule has 2 aromatic rings. The Morgan fingerprint density at radius 3 is 2.45 bits per heavy atom. The molecule has 1 amide bonds. The van der Waals surface area contributed by atoms with Crippen molar-refractivity contribution in [2.75, 3.05) is 19.4 Å². The van der Waals surface area contributed by atoms with Gasteiger partial charge in [0.15, 0.2) is 0 Å². The number of carbonyl (C=O) groups is 1. The van der Waals surface area contributed by atoms with Gasteiger partial charge in [-0.1, -0.05) is 30.3 Å². The summed E-state index contributed by atoms with van der Waals surface area (Å²) in [5.74, 6) is 0.0765. The van der Waals surface area contributed by atoms with Gasteiger partial charge in [0.1, 0.15) is 0 Å². The summed E-state index contributed by atoms with van der Waals surface area (Å²) in [6.07, 6.45) is 0.379. The fourth-order valence-corrected chi connectivity index (χ4v) is 2.06. The molecule has 0 saturated heterocycles. The van der Waals surface area contributed by atoms with E-state index in [-0.39, 0.29) is 5.91 Å². The van der Waals surface area contributed by atoms with Gasteiger partial charge in [-0.25, -0.2) is 0 Å². The summed E-state index contributed by atoms with van der Waals surface area (Å²) in [5, 5.41) is 12.2. The lowest BCUT2D eigenvalue weighted by Crippen LogP contribution is -2.23. The lowest BCUT2D eigenvalue weighted by atomic mass is 10.1. The molecule has 0 spiro atoms. The Balaban J connectivity index is 2.06. The summed E-state index contributed by atoms with van der Waals surface area (Å²) in [5.41, 5.74) is 3.69. The van der Waals surface area contributed by atoms with Crippen molar-refractivity contribution in [2.45, 2.75) is 13.0 Å². The molecule has 2 aromatic carbocycles. The highest BCUT2D eigenvalue weighted by molar-refractivity contribution is 5.80. The summed E-state index contributed by atoms with van der Waals surface area (Å²) in [4.78, 5) is 13.5. The summed E-state index contributed by atoms with van der Waals surface area (Å²) >= 11 is 0. The van der Waals surface area contributed by atoms with E-state index in [1.165, 1.54) is 0 Å². The molecule has 2 rings (SSSR count). The van der Waals surface area contributed by atoms with Crippen LogP contribution in [0.1, 0.15) is 16.7 Å². The summed E-state index contributed by atoms with van der Waals surface area (Å²) in [6.45, 7) is 0.652. The first-order valence-corrected chi connectivity index (χ1v) is 7.11. The van der Waals surface area contributed by atoms with E-state index >= 15 is 0 Å². The van der Waals surface area contributed by atoms with E-state index in [1.54, 1.807) is 31.1 Å². The van der Waals surface area contributed by atoms with E-state index in [1.807, 2.05) is 36.4 Å². The second-order valence-corrected chi connectivity index (χ2v) is 5.28. The topological polar surface area (TPSA) is 56.1 Å². The van der Waals surface area contributed by atoms with Crippen molar-refractivity contribution >= 4 is 11.6 Å². The van der Waals surface area contributed by atoms with E-state index in [9.17, 15) is 4.79 Å². The average molecular weight is 293 g/mol. The molecule has 0 unspecified atom stereocenters. The fourth-order valence-electron chi connectivity index (χ4n) is 2.06. The van der Waals surface area contributed by atoms with Gasteiger partial charge in [-0.15, -0.1) is 0 Å². The van der Waals surface area contributed by atoms with Crippen molar-refractivity contribution in [1.82, 2.24) is 4.90 Å². The zero-order valence-electron chi connectivity index (χ0n) is 12.8. The molecule has 0 aromatic heterocycles. The van der Waals surface area contributed by atoms with Crippen LogP contribution in [0, 0.1) is 11.3 Å². The second kappa shape index (κ2) is 7.28. The Bertz CT molecular complexity index is 684. The number of likely N-dealkylation sites (N-methyl/N-ethyl adjacent to an activating group) is 1. The molecule has 0 saturated carbocycles. The van der Waals surface area contributed by atoms with Gasteiger partial charge in [-0.2, -0.15) is 5.26 Å². The highest BCUT2D eigenvalue weighted by atomic mass is 16.2. The Kier molecular flexibility index (Phi) is 5.16. The van der Waals surface area contributed by atoms with E-state index in [4.69, 9.17) is 5.26 Å². The normalized spacial score (nSPS) is 9.86. The number of anilines is 1. The largest absolute Gasteiger partial charge is 0.381 e. The summed E-state index contributed by atoms with van der Waals surface area (Å²) < 4.78 is 0. The number of nitrogens with zero attached hydrogens (tertiary/aromatic N) is 2. The molecule has 0 radical (unpaired) electrons. The quantitative estimate of drug-likeness (QED) is 0.922. The Morgan fingerprint density at radius 1 is 1.14 bits per heavy atom. The predicted octanol–water partition coefficient (Wildman–Crippen LogP) is 2.80.